The van der Waals surface area contributed by atoms with Crippen molar-refractivity contribution >= 4 is 17.5 Å². The van der Waals surface area contributed by atoms with Gasteiger partial charge >= 0.3 is 0 Å². The summed E-state index contributed by atoms with van der Waals surface area (Å²) in [4.78, 5) is 27.3. The molecule has 1 aromatic heterocycles. The van der Waals surface area contributed by atoms with Crippen LogP contribution in [0.1, 0.15) is 20.7 Å². The van der Waals surface area contributed by atoms with Gasteiger partial charge in [0.2, 0.25) is 0 Å². The standard InChI is InChI=1S/C14H13N3O2/c1-15-13(18)10-4-2-6-12(8-10)17-14(19)11-5-3-7-16-9-11/h2-9H,1H3,(H,15,18)(H,17,19). The Balaban J connectivity index is 2.16. The third kappa shape index (κ3) is 3.16. The summed E-state index contributed by atoms with van der Waals surface area (Å²) in [5.74, 6) is -0.459. The molecule has 0 bridgehead atoms. The summed E-state index contributed by atoms with van der Waals surface area (Å²) in [6.07, 6.45) is 3.08. The van der Waals surface area contributed by atoms with Gasteiger partial charge in [-0.2, -0.15) is 0 Å². The summed E-state index contributed by atoms with van der Waals surface area (Å²) in [5.41, 5.74) is 1.52. The lowest BCUT2D eigenvalue weighted by Gasteiger charge is -2.06. The van der Waals surface area contributed by atoms with Gasteiger partial charge in [0, 0.05) is 30.7 Å². The lowest BCUT2D eigenvalue weighted by atomic mass is 10.2. The lowest BCUT2D eigenvalue weighted by molar-refractivity contribution is 0.0961. The number of amides is 2. The molecule has 1 heterocycles. The van der Waals surface area contributed by atoms with Crippen LogP contribution in [-0.2, 0) is 0 Å². The maximum absolute atomic E-state index is 11.9. The van der Waals surface area contributed by atoms with Gasteiger partial charge < -0.3 is 10.6 Å². The topological polar surface area (TPSA) is 71.1 Å². The largest absolute Gasteiger partial charge is 0.355 e. The van der Waals surface area contributed by atoms with Crippen molar-refractivity contribution in [2.24, 2.45) is 0 Å². The van der Waals surface area contributed by atoms with E-state index in [1.807, 2.05) is 0 Å². The molecule has 0 saturated heterocycles. The number of aromatic nitrogens is 1. The zero-order valence-electron chi connectivity index (χ0n) is 10.4. The first-order chi connectivity index (χ1) is 9.20. The third-order valence-corrected chi connectivity index (χ3v) is 2.53. The Bertz CT molecular complexity index is 597. The third-order valence-electron chi connectivity index (χ3n) is 2.53. The van der Waals surface area contributed by atoms with Crippen LogP contribution >= 0.6 is 0 Å². The van der Waals surface area contributed by atoms with Crippen molar-refractivity contribution in [2.75, 3.05) is 12.4 Å². The van der Waals surface area contributed by atoms with Crippen molar-refractivity contribution in [3.63, 3.8) is 0 Å². The molecule has 19 heavy (non-hydrogen) atoms. The monoisotopic (exact) mass is 255 g/mol. The Morgan fingerprint density at radius 2 is 1.84 bits per heavy atom. The van der Waals surface area contributed by atoms with E-state index in [9.17, 15) is 9.59 Å². The number of carbonyl (C=O) groups is 2. The maximum atomic E-state index is 11.9. The Morgan fingerprint density at radius 1 is 1.05 bits per heavy atom. The minimum absolute atomic E-state index is 0.197. The number of benzene rings is 1. The molecule has 2 aromatic rings. The molecule has 0 fully saturated rings. The molecule has 0 spiro atoms. The van der Waals surface area contributed by atoms with Crippen LogP contribution in [0.2, 0.25) is 0 Å². The number of nitrogens with zero attached hydrogens (tertiary/aromatic N) is 1. The average molecular weight is 255 g/mol. The molecule has 5 heteroatoms. The Labute approximate surface area is 110 Å². The fourth-order valence-electron chi connectivity index (χ4n) is 1.58. The number of carbonyl (C=O) groups excluding carboxylic acids is 2. The van der Waals surface area contributed by atoms with Gasteiger partial charge in [-0.15, -0.1) is 0 Å². The second-order valence-corrected chi connectivity index (χ2v) is 3.86. The zero-order valence-corrected chi connectivity index (χ0v) is 10.4. The van der Waals surface area contributed by atoms with Crippen molar-refractivity contribution < 1.29 is 9.59 Å². The van der Waals surface area contributed by atoms with Gasteiger partial charge in [0.15, 0.2) is 0 Å². The molecule has 2 N–H and O–H groups in total. The first-order valence-corrected chi connectivity index (χ1v) is 5.74. The highest BCUT2D eigenvalue weighted by Gasteiger charge is 2.08. The summed E-state index contributed by atoms with van der Waals surface area (Å²) in [6.45, 7) is 0. The van der Waals surface area contributed by atoms with Crippen molar-refractivity contribution in [3.05, 3.63) is 59.9 Å². The van der Waals surface area contributed by atoms with Gasteiger partial charge in [0.05, 0.1) is 5.56 Å². The molecule has 0 aliphatic heterocycles. The number of rotatable bonds is 3. The van der Waals surface area contributed by atoms with Crippen molar-refractivity contribution in [1.29, 1.82) is 0 Å². The normalized spacial score (nSPS) is 9.74. The van der Waals surface area contributed by atoms with Crippen molar-refractivity contribution in [1.82, 2.24) is 10.3 Å². The summed E-state index contributed by atoms with van der Waals surface area (Å²) in [7, 11) is 1.56. The molecule has 0 unspecified atom stereocenters. The van der Waals surface area contributed by atoms with Gasteiger partial charge in [-0.05, 0) is 30.3 Å². The van der Waals surface area contributed by atoms with Crippen molar-refractivity contribution in [2.45, 2.75) is 0 Å². The van der Waals surface area contributed by atoms with Crippen LogP contribution in [-0.4, -0.2) is 23.8 Å². The number of hydrogen-bond acceptors (Lipinski definition) is 3. The average Bonchev–Trinajstić information content (AvgIpc) is 2.47. The molecule has 96 valence electrons. The molecule has 2 amide bonds. The van der Waals surface area contributed by atoms with E-state index >= 15 is 0 Å². The molecular weight excluding hydrogens is 242 g/mol. The predicted octanol–water partition coefficient (Wildman–Crippen LogP) is 1.69. The number of hydrogen-bond donors (Lipinski definition) is 2. The first-order valence-electron chi connectivity index (χ1n) is 5.74. The summed E-state index contributed by atoms with van der Waals surface area (Å²) < 4.78 is 0. The van der Waals surface area contributed by atoms with Gasteiger partial charge in [0.25, 0.3) is 11.8 Å². The van der Waals surface area contributed by atoms with Crippen LogP contribution in [0.15, 0.2) is 48.8 Å². The first kappa shape index (κ1) is 12.8. The van der Waals surface area contributed by atoms with Gasteiger partial charge in [-0.3, -0.25) is 14.6 Å². The van der Waals surface area contributed by atoms with E-state index in [1.165, 1.54) is 6.20 Å². The fraction of sp³-hybridized carbons (Fsp3) is 0.0714. The molecule has 2 rings (SSSR count). The van der Waals surface area contributed by atoms with E-state index in [0.717, 1.165) is 0 Å². The summed E-state index contributed by atoms with van der Waals surface area (Å²) in [5, 5.41) is 5.25. The Morgan fingerprint density at radius 3 is 2.53 bits per heavy atom. The van der Waals surface area contributed by atoms with Crippen LogP contribution in [0.5, 0.6) is 0 Å². The van der Waals surface area contributed by atoms with E-state index in [4.69, 9.17) is 0 Å². The Kier molecular flexibility index (Phi) is 3.87. The quantitative estimate of drug-likeness (QED) is 0.876. The van der Waals surface area contributed by atoms with E-state index < -0.39 is 0 Å². The Hall–Kier alpha value is -2.69. The second-order valence-electron chi connectivity index (χ2n) is 3.86. The molecular formula is C14H13N3O2. The molecule has 5 nitrogen and oxygen atoms in total. The van der Waals surface area contributed by atoms with Crippen LogP contribution < -0.4 is 10.6 Å². The van der Waals surface area contributed by atoms with E-state index in [0.29, 0.717) is 16.8 Å². The van der Waals surface area contributed by atoms with E-state index in [1.54, 1.807) is 49.6 Å². The number of nitrogens with one attached hydrogen (secondary N) is 2. The predicted molar refractivity (Wildman–Crippen MR) is 72.0 cm³/mol. The van der Waals surface area contributed by atoms with Crippen LogP contribution in [0, 0.1) is 0 Å². The van der Waals surface area contributed by atoms with Gasteiger partial charge in [-0.25, -0.2) is 0 Å². The highest BCUT2D eigenvalue weighted by atomic mass is 16.2. The highest BCUT2D eigenvalue weighted by Crippen LogP contribution is 2.12. The molecule has 0 aliphatic rings. The zero-order chi connectivity index (χ0) is 13.7. The van der Waals surface area contributed by atoms with Gasteiger partial charge in [-0.1, -0.05) is 6.07 Å². The summed E-state index contributed by atoms with van der Waals surface area (Å²) >= 11 is 0. The minimum Gasteiger partial charge on any atom is -0.355 e. The minimum atomic E-state index is -0.262. The smallest absolute Gasteiger partial charge is 0.257 e. The molecule has 0 atom stereocenters. The molecule has 0 aliphatic carbocycles. The van der Waals surface area contributed by atoms with E-state index in [2.05, 4.69) is 15.6 Å². The second kappa shape index (κ2) is 5.77. The molecule has 1 aromatic carbocycles. The molecule has 0 radical (unpaired) electrons. The van der Waals surface area contributed by atoms with E-state index in [-0.39, 0.29) is 11.8 Å². The van der Waals surface area contributed by atoms with Gasteiger partial charge in [0.1, 0.15) is 0 Å². The summed E-state index contributed by atoms with van der Waals surface area (Å²) in [6, 6.07) is 10.1. The highest BCUT2D eigenvalue weighted by molar-refractivity contribution is 6.04. The number of anilines is 1. The van der Waals surface area contributed by atoms with Crippen LogP contribution in [0.4, 0.5) is 5.69 Å². The SMILES string of the molecule is CNC(=O)c1cccc(NC(=O)c2cccnc2)c1. The van der Waals surface area contributed by atoms with Crippen LogP contribution in [0.25, 0.3) is 0 Å². The fourth-order valence-corrected chi connectivity index (χ4v) is 1.58. The number of pyridine rings is 1. The molecule has 0 saturated carbocycles. The maximum Gasteiger partial charge on any atom is 0.257 e. The van der Waals surface area contributed by atoms with Crippen LogP contribution in [0.3, 0.4) is 0 Å². The lowest BCUT2D eigenvalue weighted by Crippen LogP contribution is -2.18. The van der Waals surface area contributed by atoms with Crippen molar-refractivity contribution in [3.8, 4) is 0 Å².